The van der Waals surface area contributed by atoms with Gasteiger partial charge >= 0.3 is 5.97 Å². The summed E-state index contributed by atoms with van der Waals surface area (Å²) >= 11 is 0. The molecule has 8 heteroatoms. The molecule has 2 aliphatic heterocycles. The molecule has 3 atom stereocenters. The van der Waals surface area contributed by atoms with Gasteiger partial charge in [-0.15, -0.1) is 0 Å². The standard InChI is InChI=1S/C11H15N3O4S/c1-6-12-5-10(13-6)19(17,18)14-7-2-3-9(14)8(4-7)11(15)16/h5,7-9H,2-4H2,1H3,(H,12,13)(H,15,16). The highest BCUT2D eigenvalue weighted by molar-refractivity contribution is 7.89. The van der Waals surface area contributed by atoms with Gasteiger partial charge in [0.2, 0.25) is 0 Å². The predicted molar refractivity (Wildman–Crippen MR) is 64.9 cm³/mol. The van der Waals surface area contributed by atoms with Crippen LogP contribution >= 0.6 is 0 Å². The van der Waals surface area contributed by atoms with Crippen LogP contribution in [-0.2, 0) is 14.8 Å². The van der Waals surface area contributed by atoms with Crippen LogP contribution < -0.4 is 0 Å². The molecule has 1 aromatic heterocycles. The van der Waals surface area contributed by atoms with Gasteiger partial charge in [-0.1, -0.05) is 0 Å². The van der Waals surface area contributed by atoms with Crippen LogP contribution in [0.1, 0.15) is 25.1 Å². The van der Waals surface area contributed by atoms with E-state index < -0.39 is 28.0 Å². The van der Waals surface area contributed by atoms with Crippen molar-refractivity contribution in [2.75, 3.05) is 0 Å². The molecule has 2 N–H and O–H groups in total. The Morgan fingerprint density at radius 3 is 2.79 bits per heavy atom. The van der Waals surface area contributed by atoms with Crippen LogP contribution in [0, 0.1) is 12.8 Å². The van der Waals surface area contributed by atoms with E-state index in [2.05, 4.69) is 9.97 Å². The maximum atomic E-state index is 12.5. The minimum absolute atomic E-state index is 0.0490. The fraction of sp³-hybridized carbons (Fsp3) is 0.636. The first-order valence-corrected chi connectivity index (χ1v) is 7.63. The van der Waals surface area contributed by atoms with Gasteiger partial charge in [0.05, 0.1) is 12.1 Å². The molecule has 0 spiro atoms. The molecule has 19 heavy (non-hydrogen) atoms. The van der Waals surface area contributed by atoms with E-state index in [0.29, 0.717) is 18.7 Å². The van der Waals surface area contributed by atoms with Crippen molar-refractivity contribution in [1.82, 2.24) is 14.3 Å². The quantitative estimate of drug-likeness (QED) is 0.833. The molecular formula is C11H15N3O4S. The predicted octanol–water partition coefficient (Wildman–Crippen LogP) is 0.344. The van der Waals surface area contributed by atoms with Crippen LogP contribution in [-0.4, -0.2) is 45.9 Å². The lowest BCUT2D eigenvalue weighted by Gasteiger charge is -2.21. The number of carboxylic acids is 1. The monoisotopic (exact) mass is 285 g/mol. The fourth-order valence-corrected chi connectivity index (χ4v) is 5.10. The van der Waals surface area contributed by atoms with Gasteiger partial charge in [-0.05, 0) is 26.2 Å². The Morgan fingerprint density at radius 1 is 1.53 bits per heavy atom. The lowest BCUT2D eigenvalue weighted by Crippen LogP contribution is -2.38. The molecule has 3 heterocycles. The summed E-state index contributed by atoms with van der Waals surface area (Å²) < 4.78 is 26.5. The maximum absolute atomic E-state index is 12.5. The average Bonchev–Trinajstić information content (AvgIpc) is 3.01. The van der Waals surface area contributed by atoms with Crippen LogP contribution in [0.3, 0.4) is 0 Å². The van der Waals surface area contributed by atoms with Crippen molar-refractivity contribution in [2.45, 2.75) is 43.3 Å². The van der Waals surface area contributed by atoms with Crippen molar-refractivity contribution in [1.29, 1.82) is 0 Å². The minimum atomic E-state index is -3.67. The van der Waals surface area contributed by atoms with Crippen LogP contribution in [0.15, 0.2) is 11.2 Å². The number of hydrogen-bond acceptors (Lipinski definition) is 4. The molecule has 3 unspecified atom stereocenters. The first-order valence-electron chi connectivity index (χ1n) is 6.19. The number of sulfonamides is 1. The largest absolute Gasteiger partial charge is 0.481 e. The Balaban J connectivity index is 1.97. The zero-order valence-corrected chi connectivity index (χ0v) is 11.2. The Hall–Kier alpha value is -1.41. The molecule has 0 amide bonds. The molecule has 2 fully saturated rings. The topological polar surface area (TPSA) is 103 Å². The Kier molecular flexibility index (Phi) is 2.68. The van der Waals surface area contributed by atoms with E-state index in [0.717, 1.165) is 6.42 Å². The SMILES string of the molecule is Cc1ncc(S(=O)(=O)N2C3CCC2C(C(=O)O)C3)[nH]1. The summed E-state index contributed by atoms with van der Waals surface area (Å²) in [7, 11) is -3.67. The van der Waals surface area contributed by atoms with E-state index in [4.69, 9.17) is 5.11 Å². The number of aliphatic carboxylic acids is 1. The summed E-state index contributed by atoms with van der Waals surface area (Å²) in [6, 6.07) is -0.615. The summed E-state index contributed by atoms with van der Waals surface area (Å²) in [5.41, 5.74) is 0. The molecule has 2 bridgehead atoms. The zero-order valence-electron chi connectivity index (χ0n) is 10.4. The van der Waals surface area contributed by atoms with E-state index in [9.17, 15) is 13.2 Å². The third kappa shape index (κ3) is 1.78. The number of aryl methyl sites for hydroxylation is 1. The lowest BCUT2D eigenvalue weighted by molar-refractivity contribution is -0.142. The molecule has 3 rings (SSSR count). The van der Waals surface area contributed by atoms with Gasteiger partial charge in [0.25, 0.3) is 10.0 Å². The number of carboxylic acid groups (broad SMARTS) is 1. The number of rotatable bonds is 3. The number of H-pyrrole nitrogens is 1. The van der Waals surface area contributed by atoms with E-state index >= 15 is 0 Å². The first-order chi connectivity index (χ1) is 8.91. The van der Waals surface area contributed by atoms with E-state index in [-0.39, 0.29) is 11.1 Å². The second-order valence-electron chi connectivity index (χ2n) is 5.15. The number of aromatic nitrogens is 2. The van der Waals surface area contributed by atoms with Crippen molar-refractivity contribution in [3.63, 3.8) is 0 Å². The van der Waals surface area contributed by atoms with Crippen LogP contribution in [0.4, 0.5) is 0 Å². The summed E-state index contributed by atoms with van der Waals surface area (Å²) in [4.78, 5) is 17.8. The zero-order chi connectivity index (χ0) is 13.8. The third-order valence-corrected chi connectivity index (χ3v) is 5.91. The summed E-state index contributed by atoms with van der Waals surface area (Å²) in [5, 5.41) is 9.20. The van der Waals surface area contributed by atoms with Crippen molar-refractivity contribution in [2.24, 2.45) is 5.92 Å². The minimum Gasteiger partial charge on any atom is -0.481 e. The number of nitrogens with zero attached hydrogens (tertiary/aromatic N) is 2. The number of imidazole rings is 1. The number of carbonyl (C=O) groups is 1. The van der Waals surface area contributed by atoms with Gasteiger partial charge in [-0.2, -0.15) is 4.31 Å². The Bertz CT molecular complexity index is 624. The van der Waals surface area contributed by atoms with Gasteiger partial charge in [-0.3, -0.25) is 4.79 Å². The highest BCUT2D eigenvalue weighted by Crippen LogP contribution is 2.44. The second-order valence-corrected chi connectivity index (χ2v) is 6.96. The molecule has 0 saturated carbocycles. The summed E-state index contributed by atoms with van der Waals surface area (Å²) in [6.07, 6.45) is 3.05. The number of hydrogen-bond donors (Lipinski definition) is 2. The van der Waals surface area contributed by atoms with E-state index in [1.165, 1.54) is 10.5 Å². The van der Waals surface area contributed by atoms with Crippen molar-refractivity contribution in [3.8, 4) is 0 Å². The highest BCUT2D eigenvalue weighted by atomic mass is 32.2. The Morgan fingerprint density at radius 2 is 2.26 bits per heavy atom. The van der Waals surface area contributed by atoms with Crippen LogP contribution in [0.25, 0.3) is 0 Å². The fourth-order valence-electron chi connectivity index (χ4n) is 3.22. The number of aromatic amines is 1. The summed E-state index contributed by atoms with van der Waals surface area (Å²) in [6.45, 7) is 1.68. The second kappa shape index (κ2) is 4.04. The van der Waals surface area contributed by atoms with Crippen molar-refractivity contribution in [3.05, 3.63) is 12.0 Å². The average molecular weight is 285 g/mol. The molecular weight excluding hydrogens is 270 g/mol. The summed E-state index contributed by atoms with van der Waals surface area (Å²) in [5.74, 6) is -0.967. The molecule has 2 saturated heterocycles. The Labute approximate surface area is 110 Å². The highest BCUT2D eigenvalue weighted by Gasteiger charge is 2.54. The normalized spacial score (nSPS) is 30.9. The molecule has 7 nitrogen and oxygen atoms in total. The number of fused-ring (bicyclic) bond motifs is 2. The first kappa shape index (κ1) is 12.6. The van der Waals surface area contributed by atoms with Gasteiger partial charge in [0.15, 0.2) is 5.03 Å². The van der Waals surface area contributed by atoms with Crippen LogP contribution in [0.2, 0.25) is 0 Å². The molecule has 0 radical (unpaired) electrons. The molecule has 0 aliphatic carbocycles. The van der Waals surface area contributed by atoms with Gasteiger partial charge in [-0.25, -0.2) is 13.4 Å². The van der Waals surface area contributed by atoms with E-state index in [1.807, 2.05) is 0 Å². The third-order valence-electron chi connectivity index (χ3n) is 4.03. The van der Waals surface area contributed by atoms with Gasteiger partial charge in [0, 0.05) is 12.1 Å². The molecule has 0 aromatic carbocycles. The molecule has 1 aromatic rings. The van der Waals surface area contributed by atoms with E-state index in [1.54, 1.807) is 6.92 Å². The number of nitrogens with one attached hydrogen (secondary N) is 1. The van der Waals surface area contributed by atoms with Crippen molar-refractivity contribution < 1.29 is 18.3 Å². The molecule has 104 valence electrons. The van der Waals surface area contributed by atoms with Gasteiger partial charge < -0.3 is 10.1 Å². The van der Waals surface area contributed by atoms with Crippen LogP contribution in [0.5, 0.6) is 0 Å². The lowest BCUT2D eigenvalue weighted by atomic mass is 9.89. The smallest absolute Gasteiger partial charge is 0.308 e. The van der Waals surface area contributed by atoms with Crippen molar-refractivity contribution >= 4 is 16.0 Å². The maximum Gasteiger partial charge on any atom is 0.308 e. The van der Waals surface area contributed by atoms with Gasteiger partial charge in [0.1, 0.15) is 5.82 Å². The molecule has 2 aliphatic rings.